The molecule has 3 N–H and O–H groups in total. The van der Waals surface area contributed by atoms with Crippen molar-refractivity contribution >= 4 is 17.4 Å². The number of carbonyl (C=O) groups excluding carboxylic acids is 1. The molecule has 1 saturated carbocycles. The Hall–Kier alpha value is -3.47. The molecule has 9 nitrogen and oxygen atoms in total. The van der Waals surface area contributed by atoms with Gasteiger partial charge in [0, 0.05) is 30.1 Å². The van der Waals surface area contributed by atoms with Gasteiger partial charge in [-0.1, -0.05) is 0 Å². The molecule has 0 spiro atoms. The molecule has 2 atom stereocenters. The molecule has 1 aliphatic rings. The zero-order chi connectivity index (χ0) is 22.0. The minimum Gasteiger partial charge on any atom is -0.478 e. The molecule has 11 heteroatoms. The van der Waals surface area contributed by atoms with Crippen LogP contribution in [0.15, 0.2) is 36.7 Å². The van der Waals surface area contributed by atoms with E-state index in [1.54, 1.807) is 28.9 Å². The van der Waals surface area contributed by atoms with Crippen LogP contribution >= 0.6 is 0 Å². The number of rotatable bonds is 6. The highest BCUT2D eigenvalue weighted by atomic mass is 19.3. The van der Waals surface area contributed by atoms with E-state index in [9.17, 15) is 18.7 Å². The van der Waals surface area contributed by atoms with Gasteiger partial charge in [-0.05, 0) is 43.0 Å². The number of aliphatic hydroxyl groups is 1. The monoisotopic (exact) mass is 433 g/mol. The van der Waals surface area contributed by atoms with Crippen LogP contribution in [0.4, 0.5) is 19.4 Å². The Bertz CT molecular complexity index is 1090. The third-order valence-electron chi connectivity index (χ3n) is 5.01. The van der Waals surface area contributed by atoms with Crippen molar-refractivity contribution in [2.45, 2.75) is 38.0 Å². The van der Waals surface area contributed by atoms with Gasteiger partial charge in [0.25, 0.3) is 5.88 Å². The number of aliphatic hydroxyl groups excluding tert-OH is 1. The molecule has 0 saturated heterocycles. The summed E-state index contributed by atoms with van der Waals surface area (Å²) >= 11 is 0. The van der Waals surface area contributed by atoms with E-state index in [4.69, 9.17) is 4.74 Å². The first-order chi connectivity index (χ1) is 14.9. The Morgan fingerprint density at radius 2 is 2.13 bits per heavy atom. The van der Waals surface area contributed by atoms with Crippen LogP contribution in [0.25, 0.3) is 16.6 Å². The quantitative estimate of drug-likeness (QED) is 0.551. The number of alkyl halides is 2. The second-order valence-electron chi connectivity index (χ2n) is 7.19. The van der Waals surface area contributed by atoms with E-state index in [0.29, 0.717) is 35.3 Å². The number of amides is 2. The fourth-order valence-electron chi connectivity index (χ4n) is 3.59. The zero-order valence-electron chi connectivity index (χ0n) is 16.6. The SMILES string of the molecule is COc1ncc(-c2ccn3nc(NC(=O)N[C@H]4CC[C@H](O)C4)cc3c2)cc1OC(F)F. The molecule has 0 aliphatic heterocycles. The first-order valence-corrected chi connectivity index (χ1v) is 9.65. The van der Waals surface area contributed by atoms with Crippen LogP contribution in [0.3, 0.4) is 0 Å². The highest BCUT2D eigenvalue weighted by Crippen LogP contribution is 2.32. The summed E-state index contributed by atoms with van der Waals surface area (Å²) in [4.78, 5) is 16.2. The Labute approximate surface area is 176 Å². The van der Waals surface area contributed by atoms with Crippen LogP contribution in [0.1, 0.15) is 19.3 Å². The van der Waals surface area contributed by atoms with Gasteiger partial charge in [0.2, 0.25) is 0 Å². The summed E-state index contributed by atoms with van der Waals surface area (Å²) in [5.41, 5.74) is 1.92. The maximum absolute atomic E-state index is 12.7. The summed E-state index contributed by atoms with van der Waals surface area (Å²) in [6.45, 7) is -3.00. The molecule has 4 rings (SSSR count). The predicted molar refractivity (Wildman–Crippen MR) is 107 cm³/mol. The molecular formula is C20H21F2N5O4. The van der Waals surface area contributed by atoms with E-state index in [2.05, 4.69) is 25.5 Å². The number of nitrogens with one attached hydrogen (secondary N) is 2. The number of halogens is 2. The maximum Gasteiger partial charge on any atom is 0.387 e. The van der Waals surface area contributed by atoms with Crippen LogP contribution in [0.5, 0.6) is 11.6 Å². The maximum atomic E-state index is 12.7. The van der Waals surface area contributed by atoms with Crippen LogP contribution in [-0.2, 0) is 0 Å². The average Bonchev–Trinajstić information content (AvgIpc) is 3.31. The number of hydrogen-bond donors (Lipinski definition) is 3. The van der Waals surface area contributed by atoms with Crippen molar-refractivity contribution < 1.29 is 28.2 Å². The van der Waals surface area contributed by atoms with Gasteiger partial charge in [0.05, 0.1) is 18.7 Å². The van der Waals surface area contributed by atoms with Gasteiger partial charge in [0.15, 0.2) is 11.6 Å². The van der Waals surface area contributed by atoms with Gasteiger partial charge in [-0.3, -0.25) is 5.32 Å². The molecule has 3 aromatic heterocycles. The molecule has 1 aliphatic carbocycles. The first-order valence-electron chi connectivity index (χ1n) is 9.65. The van der Waals surface area contributed by atoms with E-state index < -0.39 is 12.6 Å². The molecule has 31 heavy (non-hydrogen) atoms. The summed E-state index contributed by atoms with van der Waals surface area (Å²) in [6.07, 6.45) is 4.73. The molecule has 0 bridgehead atoms. The Kier molecular flexibility index (Phi) is 5.85. The van der Waals surface area contributed by atoms with Gasteiger partial charge in [-0.15, -0.1) is 5.10 Å². The van der Waals surface area contributed by atoms with Crippen molar-refractivity contribution in [3.63, 3.8) is 0 Å². The number of nitrogens with zero attached hydrogens (tertiary/aromatic N) is 3. The summed E-state index contributed by atoms with van der Waals surface area (Å²) in [7, 11) is 1.32. The van der Waals surface area contributed by atoms with Crippen molar-refractivity contribution in [3.8, 4) is 22.8 Å². The topological polar surface area (TPSA) is 110 Å². The molecule has 0 radical (unpaired) electrons. The van der Waals surface area contributed by atoms with Crippen LogP contribution in [-0.4, -0.2) is 51.6 Å². The number of hydrogen-bond acceptors (Lipinski definition) is 6. The zero-order valence-corrected chi connectivity index (χ0v) is 16.6. The lowest BCUT2D eigenvalue weighted by Crippen LogP contribution is -2.36. The van der Waals surface area contributed by atoms with Gasteiger partial charge < -0.3 is 19.9 Å². The van der Waals surface area contributed by atoms with E-state index in [1.165, 1.54) is 19.4 Å². The second-order valence-corrected chi connectivity index (χ2v) is 7.19. The third-order valence-corrected chi connectivity index (χ3v) is 5.01. The summed E-state index contributed by atoms with van der Waals surface area (Å²) in [5.74, 6) is 0.143. The smallest absolute Gasteiger partial charge is 0.387 e. The molecule has 3 heterocycles. The lowest BCUT2D eigenvalue weighted by molar-refractivity contribution is -0.0515. The van der Waals surface area contributed by atoms with E-state index in [1.807, 2.05) is 0 Å². The van der Waals surface area contributed by atoms with Crippen molar-refractivity contribution in [3.05, 3.63) is 36.7 Å². The number of methoxy groups -OCH3 is 1. The molecule has 0 unspecified atom stereocenters. The van der Waals surface area contributed by atoms with Crippen LogP contribution < -0.4 is 20.1 Å². The number of urea groups is 1. The number of pyridine rings is 2. The number of ether oxygens (including phenoxy) is 2. The summed E-state index contributed by atoms with van der Waals surface area (Å²) in [5, 5.41) is 19.4. The molecule has 1 fully saturated rings. The largest absolute Gasteiger partial charge is 0.478 e. The van der Waals surface area contributed by atoms with E-state index in [-0.39, 0.29) is 23.8 Å². The van der Waals surface area contributed by atoms with Crippen molar-refractivity contribution in [1.29, 1.82) is 0 Å². The van der Waals surface area contributed by atoms with Gasteiger partial charge in [0.1, 0.15) is 0 Å². The Balaban J connectivity index is 1.52. The van der Waals surface area contributed by atoms with Gasteiger partial charge in [-0.2, -0.15) is 8.78 Å². The minimum absolute atomic E-state index is 0.0400. The molecule has 0 aromatic carbocycles. The fourth-order valence-corrected chi connectivity index (χ4v) is 3.59. The second kappa shape index (κ2) is 8.72. The third kappa shape index (κ3) is 4.82. The van der Waals surface area contributed by atoms with E-state index in [0.717, 1.165) is 6.42 Å². The fraction of sp³-hybridized carbons (Fsp3) is 0.350. The highest BCUT2D eigenvalue weighted by Gasteiger charge is 2.24. The summed E-state index contributed by atoms with van der Waals surface area (Å²) < 4.78 is 36.3. The highest BCUT2D eigenvalue weighted by molar-refractivity contribution is 5.89. The van der Waals surface area contributed by atoms with Gasteiger partial charge in [-0.25, -0.2) is 14.3 Å². The standard InChI is InChI=1S/C20H21F2N5O4/c1-30-18-16(31-19(21)22)7-12(10-23-18)11-4-5-27-14(6-11)9-17(26-27)25-20(29)24-13-2-3-15(28)8-13/h4-7,9-10,13,15,19,28H,2-3,8H2,1H3,(H2,24,25,26,29)/t13-,15-/m0/s1. The number of fused-ring (bicyclic) bond motifs is 1. The molecule has 164 valence electrons. The first kappa shape index (κ1) is 20.8. The minimum atomic E-state index is -3.00. The normalized spacial score (nSPS) is 18.4. The number of anilines is 1. The van der Waals surface area contributed by atoms with Gasteiger partial charge >= 0.3 is 12.6 Å². The van der Waals surface area contributed by atoms with Crippen LogP contribution in [0, 0.1) is 0 Å². The number of carbonyl (C=O) groups is 1. The predicted octanol–water partition coefficient (Wildman–Crippen LogP) is 3.04. The van der Waals surface area contributed by atoms with Crippen LogP contribution in [0.2, 0.25) is 0 Å². The Morgan fingerprint density at radius 3 is 2.84 bits per heavy atom. The lowest BCUT2D eigenvalue weighted by atomic mass is 10.1. The number of aromatic nitrogens is 3. The summed E-state index contributed by atoms with van der Waals surface area (Å²) in [6, 6.07) is 6.16. The average molecular weight is 433 g/mol. The molecular weight excluding hydrogens is 412 g/mol. The van der Waals surface area contributed by atoms with Crippen molar-refractivity contribution in [1.82, 2.24) is 19.9 Å². The van der Waals surface area contributed by atoms with Crippen molar-refractivity contribution in [2.75, 3.05) is 12.4 Å². The molecule has 3 aromatic rings. The van der Waals surface area contributed by atoms with E-state index >= 15 is 0 Å². The van der Waals surface area contributed by atoms with Crippen molar-refractivity contribution in [2.24, 2.45) is 0 Å². The Morgan fingerprint density at radius 1 is 1.29 bits per heavy atom. The lowest BCUT2D eigenvalue weighted by Gasteiger charge is -2.11. The molecule has 2 amide bonds.